The summed E-state index contributed by atoms with van der Waals surface area (Å²) in [7, 11) is 0. The fraction of sp³-hybridized carbons (Fsp3) is 0.700. The molecule has 0 spiro atoms. The van der Waals surface area contributed by atoms with Crippen molar-refractivity contribution in [2.75, 3.05) is 6.61 Å². The minimum atomic E-state index is -0.228. The van der Waals surface area contributed by atoms with Gasteiger partial charge in [0.2, 0.25) is 0 Å². The molecule has 1 aromatic rings. The van der Waals surface area contributed by atoms with Crippen LogP contribution in [0.2, 0.25) is 0 Å². The molecule has 4 heteroatoms. The van der Waals surface area contributed by atoms with Gasteiger partial charge in [-0.05, 0) is 13.3 Å². The molecule has 1 aliphatic rings. The van der Waals surface area contributed by atoms with Crippen LogP contribution in [0.5, 0.6) is 0 Å². The van der Waals surface area contributed by atoms with Crippen molar-refractivity contribution >= 4 is 0 Å². The topological polar surface area (TPSA) is 47.3 Å². The SMILES string of the molecule is CCn1cncc1C1CC(O)CCO1. The van der Waals surface area contributed by atoms with E-state index in [-0.39, 0.29) is 12.2 Å². The van der Waals surface area contributed by atoms with Gasteiger partial charge in [0.25, 0.3) is 0 Å². The second-order valence-electron chi connectivity index (χ2n) is 3.64. The highest BCUT2D eigenvalue weighted by molar-refractivity contribution is 5.04. The van der Waals surface area contributed by atoms with Crippen LogP contribution in [-0.4, -0.2) is 27.4 Å². The molecule has 78 valence electrons. The second-order valence-corrected chi connectivity index (χ2v) is 3.64. The maximum atomic E-state index is 9.53. The first-order valence-corrected chi connectivity index (χ1v) is 5.11. The minimum absolute atomic E-state index is 0.0150. The lowest BCUT2D eigenvalue weighted by molar-refractivity contribution is -0.0480. The molecule has 0 aliphatic carbocycles. The lowest BCUT2D eigenvalue weighted by Gasteiger charge is -2.26. The van der Waals surface area contributed by atoms with Gasteiger partial charge in [-0.3, -0.25) is 0 Å². The monoisotopic (exact) mass is 196 g/mol. The summed E-state index contributed by atoms with van der Waals surface area (Å²) in [6.07, 6.45) is 4.85. The van der Waals surface area contributed by atoms with Crippen molar-refractivity contribution in [2.45, 2.75) is 38.5 Å². The second kappa shape index (κ2) is 4.11. The molecule has 0 amide bonds. The largest absolute Gasteiger partial charge is 0.393 e. The van der Waals surface area contributed by atoms with E-state index in [1.165, 1.54) is 0 Å². The summed E-state index contributed by atoms with van der Waals surface area (Å²) in [6, 6.07) is 0. The Morgan fingerprint density at radius 3 is 3.29 bits per heavy atom. The molecule has 1 aromatic heterocycles. The van der Waals surface area contributed by atoms with Crippen molar-refractivity contribution in [2.24, 2.45) is 0 Å². The van der Waals surface area contributed by atoms with E-state index in [2.05, 4.69) is 16.5 Å². The number of ether oxygens (including phenoxy) is 1. The summed E-state index contributed by atoms with van der Waals surface area (Å²) in [4.78, 5) is 4.09. The Kier molecular flexibility index (Phi) is 2.84. The molecule has 2 unspecified atom stereocenters. The predicted molar refractivity (Wildman–Crippen MR) is 51.8 cm³/mol. The lowest BCUT2D eigenvalue weighted by Crippen LogP contribution is -2.24. The zero-order valence-corrected chi connectivity index (χ0v) is 8.39. The molecule has 14 heavy (non-hydrogen) atoms. The molecule has 0 saturated carbocycles. The first-order chi connectivity index (χ1) is 6.81. The first-order valence-electron chi connectivity index (χ1n) is 5.11. The fourth-order valence-electron chi connectivity index (χ4n) is 1.85. The third-order valence-corrected chi connectivity index (χ3v) is 2.67. The molecule has 1 aliphatic heterocycles. The maximum Gasteiger partial charge on any atom is 0.101 e. The van der Waals surface area contributed by atoms with Crippen molar-refractivity contribution in [1.82, 2.24) is 9.55 Å². The number of rotatable bonds is 2. The van der Waals surface area contributed by atoms with Crippen molar-refractivity contribution in [3.63, 3.8) is 0 Å². The van der Waals surface area contributed by atoms with E-state index in [0.29, 0.717) is 13.0 Å². The summed E-state index contributed by atoms with van der Waals surface area (Å²) in [5.74, 6) is 0. The van der Waals surface area contributed by atoms with Crippen LogP contribution in [0.1, 0.15) is 31.6 Å². The molecular weight excluding hydrogens is 180 g/mol. The van der Waals surface area contributed by atoms with Crippen LogP contribution in [0.15, 0.2) is 12.5 Å². The van der Waals surface area contributed by atoms with Gasteiger partial charge in [-0.1, -0.05) is 0 Å². The van der Waals surface area contributed by atoms with Crippen LogP contribution in [-0.2, 0) is 11.3 Å². The van der Waals surface area contributed by atoms with Crippen molar-refractivity contribution in [3.8, 4) is 0 Å². The van der Waals surface area contributed by atoms with E-state index in [0.717, 1.165) is 18.7 Å². The van der Waals surface area contributed by atoms with Crippen LogP contribution in [0, 0.1) is 0 Å². The molecular formula is C10H16N2O2. The average molecular weight is 196 g/mol. The molecule has 0 bridgehead atoms. The van der Waals surface area contributed by atoms with Crippen LogP contribution >= 0.6 is 0 Å². The highest BCUT2D eigenvalue weighted by atomic mass is 16.5. The number of hydrogen-bond donors (Lipinski definition) is 1. The van der Waals surface area contributed by atoms with Gasteiger partial charge in [-0.25, -0.2) is 4.98 Å². The molecule has 2 heterocycles. The Morgan fingerprint density at radius 2 is 2.57 bits per heavy atom. The molecule has 1 N–H and O–H groups in total. The zero-order chi connectivity index (χ0) is 9.97. The Bertz CT molecular complexity index is 298. The highest BCUT2D eigenvalue weighted by Crippen LogP contribution is 2.27. The fourth-order valence-corrected chi connectivity index (χ4v) is 1.85. The van der Waals surface area contributed by atoms with Crippen LogP contribution in [0.25, 0.3) is 0 Å². The lowest BCUT2D eigenvalue weighted by atomic mass is 10.0. The van der Waals surface area contributed by atoms with Crippen LogP contribution in [0.3, 0.4) is 0 Å². The molecule has 4 nitrogen and oxygen atoms in total. The Hall–Kier alpha value is -0.870. The highest BCUT2D eigenvalue weighted by Gasteiger charge is 2.24. The van der Waals surface area contributed by atoms with Crippen molar-refractivity contribution in [3.05, 3.63) is 18.2 Å². The van der Waals surface area contributed by atoms with Crippen molar-refractivity contribution in [1.29, 1.82) is 0 Å². The summed E-state index contributed by atoms with van der Waals surface area (Å²) in [5, 5.41) is 9.53. The number of hydrogen-bond acceptors (Lipinski definition) is 3. The first kappa shape index (κ1) is 9.68. The normalized spacial score (nSPS) is 27.9. The van der Waals surface area contributed by atoms with Gasteiger partial charge in [-0.15, -0.1) is 0 Å². The number of aliphatic hydroxyl groups is 1. The third kappa shape index (κ3) is 1.81. The number of aryl methyl sites for hydroxylation is 1. The molecule has 0 aromatic carbocycles. The molecule has 1 saturated heterocycles. The zero-order valence-electron chi connectivity index (χ0n) is 8.39. The van der Waals surface area contributed by atoms with Gasteiger partial charge in [0.05, 0.1) is 24.3 Å². The van der Waals surface area contributed by atoms with Gasteiger partial charge < -0.3 is 14.4 Å². The molecule has 2 rings (SSSR count). The van der Waals surface area contributed by atoms with Crippen LogP contribution in [0.4, 0.5) is 0 Å². The Morgan fingerprint density at radius 1 is 1.71 bits per heavy atom. The average Bonchev–Trinajstić information content (AvgIpc) is 2.65. The summed E-state index contributed by atoms with van der Waals surface area (Å²) in [6.45, 7) is 3.61. The number of nitrogens with zero attached hydrogens (tertiary/aromatic N) is 2. The number of imidazole rings is 1. The third-order valence-electron chi connectivity index (χ3n) is 2.67. The van der Waals surface area contributed by atoms with E-state index in [4.69, 9.17) is 4.74 Å². The number of aliphatic hydroxyl groups excluding tert-OH is 1. The van der Waals surface area contributed by atoms with E-state index in [9.17, 15) is 5.11 Å². The van der Waals surface area contributed by atoms with E-state index >= 15 is 0 Å². The van der Waals surface area contributed by atoms with E-state index in [1.807, 2.05) is 6.20 Å². The standard InChI is InChI=1S/C10H16N2O2/c1-2-12-7-11-6-9(12)10-5-8(13)3-4-14-10/h6-8,10,13H,2-5H2,1H3. The van der Waals surface area contributed by atoms with Crippen LogP contribution < -0.4 is 0 Å². The molecule has 2 atom stereocenters. The predicted octanol–water partition coefficient (Wildman–Crippen LogP) is 1.12. The summed E-state index contributed by atoms with van der Waals surface area (Å²) in [5.41, 5.74) is 1.08. The Balaban J connectivity index is 2.13. The molecule has 0 radical (unpaired) electrons. The quantitative estimate of drug-likeness (QED) is 0.771. The maximum absolute atomic E-state index is 9.53. The van der Waals surface area contributed by atoms with Gasteiger partial charge >= 0.3 is 0 Å². The van der Waals surface area contributed by atoms with E-state index in [1.54, 1.807) is 6.33 Å². The number of aromatic nitrogens is 2. The van der Waals surface area contributed by atoms with Crippen molar-refractivity contribution < 1.29 is 9.84 Å². The van der Waals surface area contributed by atoms with Gasteiger partial charge in [0.15, 0.2) is 0 Å². The van der Waals surface area contributed by atoms with Gasteiger partial charge in [-0.2, -0.15) is 0 Å². The van der Waals surface area contributed by atoms with E-state index < -0.39 is 0 Å². The van der Waals surface area contributed by atoms with Gasteiger partial charge in [0.1, 0.15) is 6.10 Å². The smallest absolute Gasteiger partial charge is 0.101 e. The Labute approximate surface area is 83.5 Å². The molecule has 1 fully saturated rings. The summed E-state index contributed by atoms with van der Waals surface area (Å²) < 4.78 is 7.67. The van der Waals surface area contributed by atoms with Gasteiger partial charge in [0, 0.05) is 19.6 Å². The summed E-state index contributed by atoms with van der Waals surface area (Å²) >= 11 is 0. The minimum Gasteiger partial charge on any atom is -0.393 e.